The Morgan fingerprint density at radius 2 is 2.11 bits per heavy atom. The number of hydrogen-bond acceptors (Lipinski definition) is 5. The fourth-order valence-electron chi connectivity index (χ4n) is 3.49. The fourth-order valence-corrected chi connectivity index (χ4v) is 3.59. The number of halogens is 1. The zero-order valence-corrected chi connectivity index (χ0v) is 11.6. The summed E-state index contributed by atoms with van der Waals surface area (Å²) in [6.07, 6.45) is 4.79. The van der Waals surface area contributed by atoms with Crippen LogP contribution < -0.4 is 5.32 Å². The molecule has 0 saturated carbocycles. The third-order valence-electron chi connectivity index (χ3n) is 4.29. The Bertz CT molecular complexity index is 427. The van der Waals surface area contributed by atoms with Gasteiger partial charge >= 0.3 is 0 Å². The first kappa shape index (κ1) is 13.1. The Hall–Kier alpha value is -0.910. The predicted octanol–water partition coefficient (Wildman–Crippen LogP) is 1.53. The first-order valence-electron chi connectivity index (χ1n) is 6.90. The number of aliphatic hydroxyl groups excluding tert-OH is 1. The first-order chi connectivity index (χ1) is 9.28. The van der Waals surface area contributed by atoms with Gasteiger partial charge in [-0.05, 0) is 37.8 Å². The molecule has 2 saturated heterocycles. The maximum absolute atomic E-state index is 9.19. The molecule has 1 aromatic rings. The molecule has 6 heteroatoms. The van der Waals surface area contributed by atoms with Crippen LogP contribution in [-0.4, -0.2) is 51.5 Å². The monoisotopic (exact) mass is 282 g/mol. The van der Waals surface area contributed by atoms with Crippen molar-refractivity contribution in [2.75, 3.05) is 18.5 Å². The minimum atomic E-state index is 0.237. The topological polar surface area (TPSA) is 61.3 Å². The van der Waals surface area contributed by atoms with Crippen LogP contribution in [0.3, 0.4) is 0 Å². The van der Waals surface area contributed by atoms with E-state index in [4.69, 9.17) is 11.6 Å². The number of aliphatic hydroxyl groups is 1. The summed E-state index contributed by atoms with van der Waals surface area (Å²) in [5, 5.41) is 21.0. The van der Waals surface area contributed by atoms with Gasteiger partial charge in [-0.2, -0.15) is 0 Å². The summed E-state index contributed by atoms with van der Waals surface area (Å²) in [5.74, 6) is 0.781. The molecule has 3 atom stereocenters. The van der Waals surface area contributed by atoms with Crippen molar-refractivity contribution in [2.45, 2.75) is 43.8 Å². The summed E-state index contributed by atoms with van der Waals surface area (Å²) in [5.41, 5.74) is 0. The second kappa shape index (κ2) is 5.61. The van der Waals surface area contributed by atoms with Crippen molar-refractivity contribution in [3.8, 4) is 0 Å². The average molecular weight is 283 g/mol. The maximum atomic E-state index is 9.19. The largest absolute Gasteiger partial charge is 0.395 e. The molecule has 0 amide bonds. The lowest BCUT2D eigenvalue weighted by Gasteiger charge is -2.40. The standard InChI is InChI=1S/C13H19ClN4O/c14-12-5-6-13(17-16-12)15-10-3-1-9-2-4-11(10)18(9)7-8-19/h5-6,9-11,19H,1-4,7-8H2,(H,15,17)/t9-,10-,11-/m0/s1. The highest BCUT2D eigenvalue weighted by atomic mass is 35.5. The number of aromatic nitrogens is 2. The highest BCUT2D eigenvalue weighted by Crippen LogP contribution is 2.36. The molecule has 19 heavy (non-hydrogen) atoms. The Labute approximate surface area is 118 Å². The molecule has 2 fully saturated rings. The average Bonchev–Trinajstić information content (AvgIpc) is 2.69. The summed E-state index contributed by atoms with van der Waals surface area (Å²) in [4.78, 5) is 2.45. The van der Waals surface area contributed by atoms with E-state index in [-0.39, 0.29) is 6.61 Å². The van der Waals surface area contributed by atoms with Gasteiger partial charge in [0.05, 0.1) is 6.61 Å². The van der Waals surface area contributed by atoms with Gasteiger partial charge in [0.15, 0.2) is 5.15 Å². The molecule has 0 radical (unpaired) electrons. The Balaban J connectivity index is 1.69. The Kier molecular flexibility index (Phi) is 3.86. The van der Waals surface area contributed by atoms with E-state index in [9.17, 15) is 5.11 Å². The molecule has 2 aliphatic rings. The highest BCUT2D eigenvalue weighted by molar-refractivity contribution is 6.29. The first-order valence-corrected chi connectivity index (χ1v) is 7.28. The molecule has 2 aliphatic heterocycles. The van der Waals surface area contributed by atoms with E-state index in [1.54, 1.807) is 6.07 Å². The second-order valence-electron chi connectivity index (χ2n) is 5.33. The van der Waals surface area contributed by atoms with Crippen LogP contribution in [0.2, 0.25) is 5.15 Å². The summed E-state index contributed by atoms with van der Waals surface area (Å²) in [6, 6.07) is 5.17. The lowest BCUT2D eigenvalue weighted by Crippen LogP contribution is -2.51. The number of piperidine rings is 1. The molecule has 104 valence electrons. The second-order valence-corrected chi connectivity index (χ2v) is 5.72. The summed E-state index contributed by atoms with van der Waals surface area (Å²) < 4.78 is 0. The Morgan fingerprint density at radius 3 is 2.84 bits per heavy atom. The van der Waals surface area contributed by atoms with E-state index in [1.165, 1.54) is 19.3 Å². The van der Waals surface area contributed by atoms with Crippen LogP contribution in [-0.2, 0) is 0 Å². The number of rotatable bonds is 4. The molecule has 3 rings (SSSR count). The van der Waals surface area contributed by atoms with Crippen LogP contribution in [0.4, 0.5) is 5.82 Å². The minimum absolute atomic E-state index is 0.237. The maximum Gasteiger partial charge on any atom is 0.151 e. The molecule has 3 heterocycles. The number of fused-ring (bicyclic) bond motifs is 2. The fraction of sp³-hybridized carbons (Fsp3) is 0.692. The van der Waals surface area contributed by atoms with Gasteiger partial charge in [-0.15, -0.1) is 10.2 Å². The van der Waals surface area contributed by atoms with Crippen molar-refractivity contribution in [2.24, 2.45) is 0 Å². The third-order valence-corrected chi connectivity index (χ3v) is 4.49. The van der Waals surface area contributed by atoms with E-state index >= 15 is 0 Å². The van der Waals surface area contributed by atoms with Crippen molar-refractivity contribution in [3.63, 3.8) is 0 Å². The van der Waals surface area contributed by atoms with Gasteiger partial charge in [-0.3, -0.25) is 4.90 Å². The van der Waals surface area contributed by atoms with Crippen LogP contribution in [0.5, 0.6) is 0 Å². The van der Waals surface area contributed by atoms with Crippen molar-refractivity contribution >= 4 is 17.4 Å². The molecule has 0 spiro atoms. The molecule has 5 nitrogen and oxygen atoms in total. The van der Waals surface area contributed by atoms with Crippen LogP contribution >= 0.6 is 11.6 Å². The number of anilines is 1. The summed E-state index contributed by atoms with van der Waals surface area (Å²) >= 11 is 5.74. The predicted molar refractivity (Wildman–Crippen MR) is 74.3 cm³/mol. The van der Waals surface area contributed by atoms with Crippen LogP contribution in [0.25, 0.3) is 0 Å². The van der Waals surface area contributed by atoms with Crippen LogP contribution in [0.15, 0.2) is 12.1 Å². The van der Waals surface area contributed by atoms with Gasteiger partial charge in [-0.1, -0.05) is 11.6 Å². The normalized spacial score (nSPS) is 30.5. The lowest BCUT2D eigenvalue weighted by atomic mass is 9.97. The van der Waals surface area contributed by atoms with Gasteiger partial charge in [0.25, 0.3) is 0 Å². The molecule has 0 unspecified atom stereocenters. The number of nitrogens with one attached hydrogen (secondary N) is 1. The highest BCUT2D eigenvalue weighted by Gasteiger charge is 2.41. The van der Waals surface area contributed by atoms with Gasteiger partial charge in [0.1, 0.15) is 5.82 Å². The molecule has 2 bridgehead atoms. The van der Waals surface area contributed by atoms with Crippen molar-refractivity contribution in [1.29, 1.82) is 0 Å². The van der Waals surface area contributed by atoms with Crippen LogP contribution in [0, 0.1) is 0 Å². The lowest BCUT2D eigenvalue weighted by molar-refractivity contribution is 0.102. The summed E-state index contributed by atoms with van der Waals surface area (Å²) in [6.45, 7) is 1.01. The van der Waals surface area contributed by atoms with E-state index < -0.39 is 0 Å². The molecular weight excluding hydrogens is 264 g/mol. The van der Waals surface area contributed by atoms with E-state index in [0.717, 1.165) is 18.8 Å². The Morgan fingerprint density at radius 1 is 1.26 bits per heavy atom. The summed E-state index contributed by atoms with van der Waals surface area (Å²) in [7, 11) is 0. The minimum Gasteiger partial charge on any atom is -0.395 e. The van der Waals surface area contributed by atoms with E-state index in [1.807, 2.05) is 6.07 Å². The van der Waals surface area contributed by atoms with Gasteiger partial charge in [0.2, 0.25) is 0 Å². The van der Waals surface area contributed by atoms with E-state index in [0.29, 0.717) is 23.3 Å². The zero-order valence-electron chi connectivity index (χ0n) is 10.8. The number of hydrogen-bond donors (Lipinski definition) is 2. The van der Waals surface area contributed by atoms with Crippen molar-refractivity contribution in [3.05, 3.63) is 17.3 Å². The molecule has 1 aromatic heterocycles. The smallest absolute Gasteiger partial charge is 0.151 e. The van der Waals surface area contributed by atoms with Crippen molar-refractivity contribution < 1.29 is 5.11 Å². The zero-order chi connectivity index (χ0) is 13.2. The number of nitrogens with zero attached hydrogens (tertiary/aromatic N) is 3. The SMILES string of the molecule is OCCN1[C@H]2CC[C@H](Nc3ccc(Cl)nn3)[C@@H]1CC2. The van der Waals surface area contributed by atoms with Gasteiger partial charge < -0.3 is 10.4 Å². The van der Waals surface area contributed by atoms with Crippen molar-refractivity contribution in [1.82, 2.24) is 15.1 Å². The molecular formula is C13H19ClN4O. The molecule has 0 aliphatic carbocycles. The van der Waals surface area contributed by atoms with Gasteiger partial charge in [-0.25, -0.2) is 0 Å². The molecule has 0 aromatic carbocycles. The third kappa shape index (κ3) is 2.68. The van der Waals surface area contributed by atoms with Gasteiger partial charge in [0, 0.05) is 24.7 Å². The van der Waals surface area contributed by atoms with E-state index in [2.05, 4.69) is 20.4 Å². The van der Waals surface area contributed by atoms with Crippen LogP contribution in [0.1, 0.15) is 25.7 Å². The quantitative estimate of drug-likeness (QED) is 0.877. The molecule has 2 N–H and O–H groups in total.